The van der Waals surface area contributed by atoms with Crippen LogP contribution in [0.5, 0.6) is 0 Å². The molecule has 1 fully saturated rings. The summed E-state index contributed by atoms with van der Waals surface area (Å²) in [4.78, 5) is 24.1. The molecule has 0 radical (unpaired) electrons. The number of morpholine rings is 1. The van der Waals surface area contributed by atoms with Gasteiger partial charge in [-0.1, -0.05) is 35.9 Å². The molecule has 8 nitrogen and oxygen atoms in total. The van der Waals surface area contributed by atoms with E-state index in [1.165, 1.54) is 23.4 Å². The van der Waals surface area contributed by atoms with Gasteiger partial charge in [0.2, 0.25) is 15.9 Å². The topological polar surface area (TPSA) is 102 Å². The van der Waals surface area contributed by atoms with Crippen LogP contribution in [0.4, 0.5) is 0 Å². The van der Waals surface area contributed by atoms with Crippen molar-refractivity contribution in [2.75, 3.05) is 26.3 Å². The fraction of sp³-hybridized carbons (Fsp3) is 0.364. The van der Waals surface area contributed by atoms with Gasteiger partial charge in [0, 0.05) is 25.0 Å². The van der Waals surface area contributed by atoms with E-state index < -0.39 is 22.0 Å². The van der Waals surface area contributed by atoms with Gasteiger partial charge in [0.1, 0.15) is 6.61 Å². The monoisotopic (exact) mass is 480 g/mol. The minimum atomic E-state index is -3.64. The van der Waals surface area contributed by atoms with Crippen molar-refractivity contribution in [3.05, 3.63) is 64.7 Å². The van der Waals surface area contributed by atoms with Crippen molar-refractivity contribution in [1.29, 1.82) is 0 Å². The van der Waals surface area contributed by atoms with E-state index in [0.717, 1.165) is 5.56 Å². The van der Waals surface area contributed by atoms with Crippen molar-refractivity contribution in [3.63, 3.8) is 0 Å². The molecular formula is C22H25ClN2O6S. The van der Waals surface area contributed by atoms with E-state index in [1.807, 2.05) is 0 Å². The molecule has 1 aliphatic heterocycles. The first-order chi connectivity index (χ1) is 15.3. The molecule has 172 valence electrons. The third-order valence-corrected chi connectivity index (χ3v) is 7.07. The Kier molecular flexibility index (Phi) is 8.25. The Hall–Kier alpha value is -2.46. The van der Waals surface area contributed by atoms with Crippen LogP contribution >= 0.6 is 11.6 Å². The van der Waals surface area contributed by atoms with E-state index in [4.69, 9.17) is 21.1 Å². The van der Waals surface area contributed by atoms with Crippen LogP contribution in [0.25, 0.3) is 0 Å². The lowest BCUT2D eigenvalue weighted by molar-refractivity contribution is -0.145. The number of nitrogens with one attached hydrogen (secondary N) is 1. The van der Waals surface area contributed by atoms with Crippen molar-refractivity contribution >= 4 is 33.5 Å². The van der Waals surface area contributed by atoms with Crippen LogP contribution in [0.15, 0.2) is 53.4 Å². The molecule has 1 atom stereocenters. The maximum atomic E-state index is 12.8. The number of sulfonamides is 1. The van der Waals surface area contributed by atoms with Crippen LogP contribution in [0.3, 0.4) is 0 Å². The second kappa shape index (κ2) is 10.9. The molecule has 1 N–H and O–H groups in total. The third kappa shape index (κ3) is 6.52. The fourth-order valence-electron chi connectivity index (χ4n) is 3.31. The molecule has 0 spiro atoms. The number of carbonyl (C=O) groups is 2. The summed E-state index contributed by atoms with van der Waals surface area (Å²) in [5.74, 6) is -0.807. The lowest BCUT2D eigenvalue weighted by Crippen LogP contribution is -2.40. The molecule has 0 saturated carbocycles. The summed E-state index contributed by atoms with van der Waals surface area (Å²) in [6, 6.07) is 12.6. The van der Waals surface area contributed by atoms with Gasteiger partial charge in [-0.05, 0) is 35.4 Å². The average molecular weight is 481 g/mol. The van der Waals surface area contributed by atoms with Crippen molar-refractivity contribution < 1.29 is 27.5 Å². The van der Waals surface area contributed by atoms with Crippen LogP contribution < -0.4 is 5.32 Å². The molecule has 2 aromatic carbocycles. The zero-order valence-corrected chi connectivity index (χ0v) is 19.2. The van der Waals surface area contributed by atoms with Crippen molar-refractivity contribution in [2.45, 2.75) is 30.9 Å². The number of nitrogens with zero attached hydrogens (tertiary/aromatic N) is 1. The number of esters is 1. The van der Waals surface area contributed by atoms with Gasteiger partial charge < -0.3 is 14.8 Å². The predicted molar refractivity (Wildman–Crippen MR) is 118 cm³/mol. The van der Waals surface area contributed by atoms with Gasteiger partial charge in [0.25, 0.3) is 0 Å². The number of carbonyl (C=O) groups excluding carboxylic acids is 2. The predicted octanol–water partition coefficient (Wildman–Crippen LogP) is 2.67. The summed E-state index contributed by atoms with van der Waals surface area (Å²) in [5.41, 5.74) is 1.27. The third-order valence-electron chi connectivity index (χ3n) is 4.93. The van der Waals surface area contributed by atoms with Crippen molar-refractivity contribution in [1.82, 2.24) is 9.62 Å². The Morgan fingerprint density at radius 1 is 1.16 bits per heavy atom. The van der Waals surface area contributed by atoms with E-state index in [2.05, 4.69) is 5.32 Å². The first-order valence-electron chi connectivity index (χ1n) is 10.1. The highest BCUT2D eigenvalue weighted by molar-refractivity contribution is 7.89. The van der Waals surface area contributed by atoms with Crippen molar-refractivity contribution in [2.24, 2.45) is 0 Å². The first kappa shape index (κ1) is 24.2. The second-order valence-electron chi connectivity index (χ2n) is 7.33. The molecule has 3 rings (SSSR count). The summed E-state index contributed by atoms with van der Waals surface area (Å²) >= 11 is 5.91. The highest BCUT2D eigenvalue weighted by atomic mass is 35.5. The smallest absolute Gasteiger partial charge is 0.308 e. The molecule has 0 bridgehead atoms. The van der Waals surface area contributed by atoms with Crippen molar-refractivity contribution in [3.8, 4) is 0 Å². The van der Waals surface area contributed by atoms with E-state index in [0.29, 0.717) is 36.9 Å². The van der Waals surface area contributed by atoms with Crippen LogP contribution in [-0.4, -0.2) is 50.9 Å². The van der Waals surface area contributed by atoms with Gasteiger partial charge in [-0.25, -0.2) is 8.42 Å². The summed E-state index contributed by atoms with van der Waals surface area (Å²) in [5, 5.41) is 3.28. The van der Waals surface area contributed by atoms with Gasteiger partial charge in [-0.15, -0.1) is 0 Å². The van der Waals surface area contributed by atoms with Gasteiger partial charge in [0.15, 0.2) is 0 Å². The van der Waals surface area contributed by atoms with Gasteiger partial charge in [-0.3, -0.25) is 9.59 Å². The molecule has 0 aliphatic carbocycles. The molecule has 1 heterocycles. The Morgan fingerprint density at radius 2 is 1.84 bits per heavy atom. The number of hydrogen-bond donors (Lipinski definition) is 1. The number of rotatable bonds is 8. The summed E-state index contributed by atoms with van der Waals surface area (Å²) in [7, 11) is -3.64. The van der Waals surface area contributed by atoms with Crippen LogP contribution in [0.1, 0.15) is 30.5 Å². The lowest BCUT2D eigenvalue weighted by Gasteiger charge is -2.26. The molecular weight excluding hydrogens is 456 g/mol. The maximum absolute atomic E-state index is 12.8. The largest absolute Gasteiger partial charge is 0.461 e. The molecule has 10 heteroatoms. The first-order valence-corrected chi connectivity index (χ1v) is 11.9. The molecule has 1 unspecified atom stereocenters. The molecule has 0 aromatic heterocycles. The Bertz CT molecular complexity index is 1050. The SMILES string of the molecule is CC(=O)NC(CC(=O)OCc1cccc(S(=O)(=O)N2CCOCC2)c1)c1ccc(Cl)cc1. The average Bonchev–Trinajstić information content (AvgIpc) is 2.78. The second-order valence-corrected chi connectivity index (χ2v) is 9.71. The number of halogens is 1. The summed E-state index contributed by atoms with van der Waals surface area (Å²) in [6.45, 7) is 2.61. The highest BCUT2D eigenvalue weighted by Crippen LogP contribution is 2.22. The van der Waals surface area contributed by atoms with Gasteiger partial charge in [0.05, 0.1) is 30.6 Å². The molecule has 32 heavy (non-hydrogen) atoms. The number of ether oxygens (including phenoxy) is 2. The number of benzene rings is 2. The lowest BCUT2D eigenvalue weighted by atomic mass is 10.0. The van der Waals surface area contributed by atoms with Crippen LogP contribution in [-0.2, 0) is 35.7 Å². The zero-order valence-electron chi connectivity index (χ0n) is 17.6. The molecule has 2 aromatic rings. The molecule has 1 saturated heterocycles. The van der Waals surface area contributed by atoms with Gasteiger partial charge >= 0.3 is 5.97 Å². The van der Waals surface area contributed by atoms with Crippen LogP contribution in [0, 0.1) is 0 Å². The Balaban J connectivity index is 1.64. The quantitative estimate of drug-likeness (QED) is 0.583. The van der Waals surface area contributed by atoms with E-state index in [9.17, 15) is 18.0 Å². The number of hydrogen-bond acceptors (Lipinski definition) is 6. The van der Waals surface area contributed by atoms with E-state index in [-0.39, 0.29) is 23.8 Å². The highest BCUT2D eigenvalue weighted by Gasteiger charge is 2.26. The molecule has 1 amide bonds. The Morgan fingerprint density at radius 3 is 2.50 bits per heavy atom. The Labute approximate surface area is 192 Å². The van der Waals surface area contributed by atoms with E-state index in [1.54, 1.807) is 36.4 Å². The van der Waals surface area contributed by atoms with Crippen LogP contribution in [0.2, 0.25) is 5.02 Å². The van der Waals surface area contributed by atoms with Gasteiger partial charge in [-0.2, -0.15) is 4.31 Å². The zero-order chi connectivity index (χ0) is 23.1. The minimum absolute atomic E-state index is 0.0764. The maximum Gasteiger partial charge on any atom is 0.308 e. The normalized spacial score (nSPS) is 15.7. The standard InChI is InChI=1S/C22H25ClN2O6S/c1-16(26)24-21(18-5-7-19(23)8-6-18)14-22(27)31-15-17-3-2-4-20(13-17)32(28,29)25-9-11-30-12-10-25/h2-8,13,21H,9-12,14-15H2,1H3,(H,24,26). The number of amides is 1. The molecule has 1 aliphatic rings. The fourth-order valence-corrected chi connectivity index (χ4v) is 4.92. The summed E-state index contributed by atoms with van der Waals surface area (Å²) < 4.78 is 37.6. The summed E-state index contributed by atoms with van der Waals surface area (Å²) in [6.07, 6.45) is -0.0764. The minimum Gasteiger partial charge on any atom is -0.461 e. The van der Waals surface area contributed by atoms with E-state index >= 15 is 0 Å².